The van der Waals surface area contributed by atoms with Crippen molar-refractivity contribution in [1.82, 2.24) is 19.1 Å². The van der Waals surface area contributed by atoms with Crippen molar-refractivity contribution in [3.63, 3.8) is 0 Å². The predicted molar refractivity (Wildman–Crippen MR) is 108 cm³/mol. The fourth-order valence-electron chi connectivity index (χ4n) is 2.67. The maximum atomic E-state index is 12.8. The van der Waals surface area contributed by atoms with Crippen molar-refractivity contribution in [2.45, 2.75) is 37.0 Å². The van der Waals surface area contributed by atoms with Gasteiger partial charge < -0.3 is 9.15 Å². The molecule has 0 saturated heterocycles. The van der Waals surface area contributed by atoms with Gasteiger partial charge in [-0.25, -0.2) is 19.6 Å². The summed E-state index contributed by atoms with van der Waals surface area (Å²) in [6, 6.07) is 3.20. The van der Waals surface area contributed by atoms with E-state index in [0.29, 0.717) is 22.4 Å². The lowest BCUT2D eigenvalue weighted by Crippen LogP contribution is -2.38. The number of ether oxygens (including phenoxy) is 1. The molecule has 3 aromatic rings. The average molecular weight is 418 g/mol. The number of furan rings is 1. The van der Waals surface area contributed by atoms with Gasteiger partial charge in [0.25, 0.3) is 5.56 Å². The van der Waals surface area contributed by atoms with Gasteiger partial charge in [0.1, 0.15) is 22.0 Å². The van der Waals surface area contributed by atoms with Crippen molar-refractivity contribution in [2.75, 3.05) is 7.11 Å². The predicted octanol–water partition coefficient (Wildman–Crippen LogP) is 2.00. The number of hydrogen-bond donors (Lipinski definition) is 0. The molecule has 0 aliphatic rings. The SMILES string of the molecule is COC(=O)c1ccc(CSc2nc(C(C)(C)C)nc3c2c(=O)n(C)c(=O)n3C)o1. The summed E-state index contributed by atoms with van der Waals surface area (Å²) in [5, 5.41) is 0.722. The molecule has 0 spiro atoms. The maximum absolute atomic E-state index is 12.8. The number of thioether (sulfide) groups is 1. The molecule has 0 aliphatic carbocycles. The minimum atomic E-state index is -0.562. The van der Waals surface area contributed by atoms with Crippen LogP contribution in [0.4, 0.5) is 0 Å². The highest BCUT2D eigenvalue weighted by molar-refractivity contribution is 7.98. The lowest BCUT2D eigenvalue weighted by molar-refractivity contribution is 0.0563. The minimum absolute atomic E-state index is 0.101. The van der Waals surface area contributed by atoms with Crippen molar-refractivity contribution in [3.8, 4) is 0 Å². The highest BCUT2D eigenvalue weighted by Gasteiger charge is 2.24. The number of methoxy groups -OCH3 is 1. The summed E-state index contributed by atoms with van der Waals surface area (Å²) in [7, 11) is 4.28. The van der Waals surface area contributed by atoms with Crippen LogP contribution in [-0.2, 0) is 30.0 Å². The molecule has 0 saturated carbocycles. The van der Waals surface area contributed by atoms with Crippen molar-refractivity contribution in [1.29, 1.82) is 0 Å². The Morgan fingerprint density at radius 3 is 2.48 bits per heavy atom. The number of fused-ring (bicyclic) bond motifs is 1. The average Bonchev–Trinajstić information content (AvgIpc) is 3.16. The van der Waals surface area contributed by atoms with Gasteiger partial charge in [0, 0.05) is 19.5 Å². The molecule has 154 valence electrons. The molecule has 0 aliphatic heterocycles. The van der Waals surface area contributed by atoms with Gasteiger partial charge in [-0.1, -0.05) is 32.5 Å². The Morgan fingerprint density at radius 2 is 1.86 bits per heavy atom. The van der Waals surface area contributed by atoms with E-state index < -0.39 is 17.2 Å². The molecule has 0 N–H and O–H groups in total. The van der Waals surface area contributed by atoms with E-state index in [1.807, 2.05) is 20.8 Å². The zero-order valence-corrected chi connectivity index (χ0v) is 17.9. The first-order valence-electron chi connectivity index (χ1n) is 8.82. The number of aromatic nitrogens is 4. The Bertz CT molecular complexity index is 1220. The molecule has 0 radical (unpaired) electrons. The lowest BCUT2D eigenvalue weighted by Gasteiger charge is -2.19. The quantitative estimate of drug-likeness (QED) is 0.359. The summed E-state index contributed by atoms with van der Waals surface area (Å²) in [4.78, 5) is 45.8. The zero-order valence-electron chi connectivity index (χ0n) is 17.1. The second-order valence-corrected chi connectivity index (χ2v) is 8.52. The van der Waals surface area contributed by atoms with Gasteiger partial charge in [-0.05, 0) is 12.1 Å². The van der Waals surface area contributed by atoms with E-state index >= 15 is 0 Å². The van der Waals surface area contributed by atoms with E-state index in [-0.39, 0.29) is 22.2 Å². The Kier molecular flexibility index (Phi) is 5.40. The standard InChI is InChI=1S/C19H22N4O5S/c1-19(2,3)17-20-13-12(15(24)23(5)18(26)22(13)4)14(21-17)29-9-10-7-8-11(28-10)16(25)27-6/h7-8H,9H2,1-6H3. The van der Waals surface area contributed by atoms with Crippen molar-refractivity contribution in [3.05, 3.63) is 50.3 Å². The van der Waals surface area contributed by atoms with Crippen molar-refractivity contribution in [2.24, 2.45) is 14.1 Å². The molecular weight excluding hydrogens is 396 g/mol. The third-order valence-corrected chi connectivity index (χ3v) is 5.33. The van der Waals surface area contributed by atoms with Gasteiger partial charge in [0.15, 0.2) is 5.65 Å². The van der Waals surface area contributed by atoms with Crippen LogP contribution in [0, 0.1) is 0 Å². The Hall–Kier alpha value is -2.88. The van der Waals surface area contributed by atoms with E-state index in [2.05, 4.69) is 14.7 Å². The number of esters is 1. The topological polar surface area (TPSA) is 109 Å². The first kappa shape index (κ1) is 20.8. The molecule has 0 atom stereocenters. The van der Waals surface area contributed by atoms with Crippen LogP contribution in [0.15, 0.2) is 31.2 Å². The summed E-state index contributed by atoms with van der Waals surface area (Å²) >= 11 is 1.28. The molecule has 0 aromatic carbocycles. The fraction of sp³-hybridized carbons (Fsp3) is 0.421. The lowest BCUT2D eigenvalue weighted by atomic mass is 9.96. The largest absolute Gasteiger partial charge is 0.463 e. The Labute approximate surface area is 170 Å². The fourth-order valence-corrected chi connectivity index (χ4v) is 3.58. The van der Waals surface area contributed by atoms with Crippen LogP contribution >= 0.6 is 11.8 Å². The van der Waals surface area contributed by atoms with Crippen LogP contribution in [0.25, 0.3) is 11.0 Å². The van der Waals surface area contributed by atoms with Crippen molar-refractivity contribution >= 4 is 28.8 Å². The summed E-state index contributed by atoms with van der Waals surface area (Å²) in [5.41, 5.74) is -1.01. The molecule has 0 bridgehead atoms. The highest BCUT2D eigenvalue weighted by atomic mass is 32.2. The van der Waals surface area contributed by atoms with Crippen LogP contribution < -0.4 is 11.2 Å². The third kappa shape index (κ3) is 3.84. The molecule has 10 heteroatoms. The van der Waals surface area contributed by atoms with Crippen LogP contribution in [0.5, 0.6) is 0 Å². The number of hydrogen-bond acceptors (Lipinski definition) is 8. The Morgan fingerprint density at radius 1 is 1.17 bits per heavy atom. The van der Waals surface area contributed by atoms with Crippen LogP contribution in [0.1, 0.15) is 42.9 Å². The highest BCUT2D eigenvalue weighted by Crippen LogP contribution is 2.29. The molecule has 3 aromatic heterocycles. The second kappa shape index (κ2) is 7.51. The molecule has 0 unspecified atom stereocenters. The van der Waals surface area contributed by atoms with Crippen molar-refractivity contribution < 1.29 is 13.9 Å². The van der Waals surface area contributed by atoms with Gasteiger partial charge in [0.05, 0.1) is 12.9 Å². The van der Waals surface area contributed by atoms with E-state index in [1.165, 1.54) is 36.6 Å². The third-order valence-electron chi connectivity index (χ3n) is 4.34. The summed E-state index contributed by atoms with van der Waals surface area (Å²) in [6.07, 6.45) is 0. The van der Waals surface area contributed by atoms with Crippen LogP contribution in [0.2, 0.25) is 0 Å². The number of nitrogens with zero attached hydrogens (tertiary/aromatic N) is 4. The summed E-state index contributed by atoms with van der Waals surface area (Å²) < 4.78 is 12.5. The van der Waals surface area contributed by atoms with Crippen LogP contribution in [0.3, 0.4) is 0 Å². The zero-order chi connectivity index (χ0) is 21.5. The molecule has 0 amide bonds. The molecule has 3 heterocycles. The summed E-state index contributed by atoms with van der Waals surface area (Å²) in [5.74, 6) is 0.919. The van der Waals surface area contributed by atoms with E-state index in [9.17, 15) is 14.4 Å². The van der Waals surface area contributed by atoms with Gasteiger partial charge >= 0.3 is 11.7 Å². The van der Waals surface area contributed by atoms with E-state index in [4.69, 9.17) is 4.42 Å². The maximum Gasteiger partial charge on any atom is 0.373 e. The smallest absolute Gasteiger partial charge is 0.373 e. The first-order valence-corrected chi connectivity index (χ1v) is 9.81. The van der Waals surface area contributed by atoms with Gasteiger partial charge in [0.2, 0.25) is 5.76 Å². The molecule has 9 nitrogen and oxygen atoms in total. The summed E-state index contributed by atoms with van der Waals surface area (Å²) in [6.45, 7) is 5.87. The normalized spacial score (nSPS) is 11.8. The monoisotopic (exact) mass is 418 g/mol. The van der Waals surface area contributed by atoms with Crippen LogP contribution in [-0.4, -0.2) is 32.2 Å². The van der Waals surface area contributed by atoms with Gasteiger partial charge in [-0.2, -0.15) is 0 Å². The molecule has 29 heavy (non-hydrogen) atoms. The van der Waals surface area contributed by atoms with E-state index in [1.54, 1.807) is 13.1 Å². The number of carbonyl (C=O) groups is 1. The molecule has 3 rings (SSSR count). The second-order valence-electron chi connectivity index (χ2n) is 7.55. The van der Waals surface area contributed by atoms with Gasteiger partial charge in [-0.15, -0.1) is 0 Å². The number of rotatable bonds is 4. The Balaban J connectivity index is 2.12. The number of carbonyl (C=O) groups excluding carboxylic acids is 1. The van der Waals surface area contributed by atoms with Gasteiger partial charge in [-0.3, -0.25) is 13.9 Å². The number of aryl methyl sites for hydroxylation is 1. The molecular formula is C19H22N4O5S. The first-order chi connectivity index (χ1) is 13.5. The van der Waals surface area contributed by atoms with E-state index in [0.717, 1.165) is 4.57 Å². The molecule has 0 fully saturated rings. The minimum Gasteiger partial charge on any atom is -0.463 e.